The third-order valence-electron chi connectivity index (χ3n) is 7.22. The minimum Gasteiger partial charge on any atom is -0.453 e. The Morgan fingerprint density at radius 2 is 1.91 bits per heavy atom. The number of carbonyl (C=O) groups excluding carboxylic acids is 3. The van der Waals surface area contributed by atoms with E-state index < -0.39 is 35.4 Å². The number of nitrogens with one attached hydrogen (secondary N) is 3. The molecule has 1 unspecified atom stereocenters. The van der Waals surface area contributed by atoms with Crippen LogP contribution in [0.5, 0.6) is 11.5 Å². The highest BCUT2D eigenvalue weighted by atomic mass is 19.1. The van der Waals surface area contributed by atoms with E-state index in [2.05, 4.69) is 25.8 Å². The number of hydrogen-bond donors (Lipinski definition) is 4. The summed E-state index contributed by atoms with van der Waals surface area (Å²) >= 11 is 0. The standard InChI is InChI=1S/C29H27F2N7O5/c1-15(14-39)33-26-24-23(10-11-32-25(24)35-36-26)43-22-9-4-17(12-21(22)31)34-27(40)20-13-37(18-7-8-18)29(42)38(28(20)41)19-5-2-16(30)3-6-19/h2-6,9-12,15,18,20,39H,7-8,13-14H2,1H3,(H,34,40)(H2,32,33,35,36)/t15-,20?/m0/s1. The van der Waals surface area contributed by atoms with Gasteiger partial charge in [0, 0.05) is 42.6 Å². The zero-order chi connectivity index (χ0) is 30.2. The molecule has 2 aliphatic rings. The number of aromatic nitrogens is 3. The van der Waals surface area contributed by atoms with Crippen LogP contribution in [0.25, 0.3) is 11.0 Å². The van der Waals surface area contributed by atoms with Gasteiger partial charge >= 0.3 is 6.03 Å². The number of nitrogens with zero attached hydrogens (tertiary/aromatic N) is 4. The fraction of sp³-hybridized carbons (Fsp3) is 0.276. The zero-order valence-electron chi connectivity index (χ0n) is 22.9. The van der Waals surface area contributed by atoms with Crippen LogP contribution in [0.1, 0.15) is 19.8 Å². The lowest BCUT2D eigenvalue weighted by atomic mass is 10.0. The first kappa shape index (κ1) is 28.0. The van der Waals surface area contributed by atoms with Crippen molar-refractivity contribution in [3.8, 4) is 11.5 Å². The molecular formula is C29H27F2N7O5. The second-order valence-electron chi connectivity index (χ2n) is 10.4. The first-order valence-corrected chi connectivity index (χ1v) is 13.6. The summed E-state index contributed by atoms with van der Waals surface area (Å²) < 4.78 is 34.6. The lowest BCUT2D eigenvalue weighted by molar-refractivity contribution is -0.132. The van der Waals surface area contributed by atoms with Gasteiger partial charge in [0.1, 0.15) is 22.9 Å². The molecular weight excluding hydrogens is 564 g/mol. The van der Waals surface area contributed by atoms with Crippen LogP contribution in [0.2, 0.25) is 0 Å². The number of aromatic amines is 1. The highest BCUT2D eigenvalue weighted by Crippen LogP contribution is 2.36. The van der Waals surface area contributed by atoms with E-state index in [0.29, 0.717) is 16.9 Å². The topological polar surface area (TPSA) is 153 Å². The molecule has 1 aliphatic carbocycles. The summed E-state index contributed by atoms with van der Waals surface area (Å²) in [7, 11) is 0. The number of aliphatic hydroxyl groups excluding tert-OH is 1. The number of H-pyrrole nitrogens is 1. The number of carbonyl (C=O) groups is 3. The molecule has 2 aromatic carbocycles. The van der Waals surface area contributed by atoms with Gasteiger partial charge in [0.2, 0.25) is 11.8 Å². The zero-order valence-corrected chi connectivity index (χ0v) is 22.9. The number of urea groups is 1. The van der Waals surface area contributed by atoms with Gasteiger partial charge in [-0.15, -0.1) is 0 Å². The van der Waals surface area contributed by atoms with E-state index in [1.54, 1.807) is 6.92 Å². The molecule has 3 heterocycles. The Bertz CT molecular complexity index is 1710. The molecule has 2 aromatic heterocycles. The SMILES string of the molecule is C[C@@H](CO)Nc1n[nH]c2nccc(Oc3ccc(NC(=O)C4CN(C5CC5)C(=O)N(c5ccc(F)cc5)C4=O)cc3F)c12. The van der Waals surface area contributed by atoms with E-state index in [1.807, 2.05) is 0 Å². The van der Waals surface area contributed by atoms with Crippen LogP contribution in [0.15, 0.2) is 54.7 Å². The predicted octanol–water partition coefficient (Wildman–Crippen LogP) is 4.01. The number of rotatable bonds is 9. The van der Waals surface area contributed by atoms with Gasteiger partial charge in [0.25, 0.3) is 0 Å². The van der Waals surface area contributed by atoms with Gasteiger partial charge in [0.05, 0.1) is 12.3 Å². The molecule has 6 rings (SSSR count). The van der Waals surface area contributed by atoms with Crippen molar-refractivity contribution in [1.82, 2.24) is 20.1 Å². The van der Waals surface area contributed by atoms with E-state index in [4.69, 9.17) is 4.74 Å². The highest BCUT2D eigenvalue weighted by molar-refractivity contribution is 6.23. The number of anilines is 3. The Morgan fingerprint density at radius 3 is 2.60 bits per heavy atom. The van der Waals surface area contributed by atoms with Crippen LogP contribution in [-0.4, -0.2) is 68.3 Å². The number of amides is 4. The first-order chi connectivity index (χ1) is 20.7. The molecule has 4 aromatic rings. The molecule has 1 aliphatic heterocycles. The fourth-order valence-electron chi connectivity index (χ4n) is 4.85. The minimum absolute atomic E-state index is 0.0770. The number of aliphatic hydroxyl groups is 1. The quantitative estimate of drug-likeness (QED) is 0.213. The number of benzene rings is 2. The van der Waals surface area contributed by atoms with Crippen LogP contribution < -0.4 is 20.3 Å². The third kappa shape index (κ3) is 5.56. The van der Waals surface area contributed by atoms with Crippen molar-refractivity contribution in [3.05, 3.63) is 66.4 Å². The van der Waals surface area contributed by atoms with Crippen molar-refractivity contribution in [1.29, 1.82) is 0 Å². The van der Waals surface area contributed by atoms with Crippen molar-refractivity contribution < 1.29 is 33.0 Å². The molecule has 222 valence electrons. The Hall–Kier alpha value is -5.11. The average molecular weight is 592 g/mol. The monoisotopic (exact) mass is 591 g/mol. The summed E-state index contributed by atoms with van der Waals surface area (Å²) in [5, 5.41) is 22.3. The maximum atomic E-state index is 15.2. The number of pyridine rings is 1. The molecule has 43 heavy (non-hydrogen) atoms. The fourth-order valence-corrected chi connectivity index (χ4v) is 4.85. The normalized spacial score (nSPS) is 17.7. The van der Waals surface area contributed by atoms with Gasteiger partial charge in [-0.3, -0.25) is 14.7 Å². The van der Waals surface area contributed by atoms with E-state index in [1.165, 1.54) is 41.4 Å². The van der Waals surface area contributed by atoms with Crippen LogP contribution in [0.4, 0.5) is 30.8 Å². The number of fused-ring (bicyclic) bond motifs is 1. The molecule has 4 N–H and O–H groups in total. The van der Waals surface area contributed by atoms with Crippen molar-refractivity contribution in [2.75, 3.05) is 28.7 Å². The van der Waals surface area contributed by atoms with Crippen LogP contribution >= 0.6 is 0 Å². The second kappa shape index (κ2) is 11.3. The Balaban J connectivity index is 1.21. The van der Waals surface area contributed by atoms with Crippen molar-refractivity contribution >= 4 is 46.1 Å². The van der Waals surface area contributed by atoms with Crippen LogP contribution in [-0.2, 0) is 9.59 Å². The van der Waals surface area contributed by atoms with Gasteiger partial charge in [-0.05, 0) is 56.2 Å². The van der Waals surface area contributed by atoms with Crippen molar-refractivity contribution in [2.45, 2.75) is 31.8 Å². The molecule has 12 nitrogen and oxygen atoms in total. The van der Waals surface area contributed by atoms with E-state index in [9.17, 15) is 23.9 Å². The highest BCUT2D eigenvalue weighted by Gasteiger charge is 2.48. The van der Waals surface area contributed by atoms with Crippen LogP contribution in [0, 0.1) is 17.6 Å². The largest absolute Gasteiger partial charge is 0.453 e. The van der Waals surface area contributed by atoms with E-state index in [-0.39, 0.29) is 48.1 Å². The molecule has 14 heteroatoms. The van der Waals surface area contributed by atoms with Gasteiger partial charge < -0.3 is 25.4 Å². The Morgan fingerprint density at radius 1 is 1.14 bits per heavy atom. The molecule has 1 saturated carbocycles. The summed E-state index contributed by atoms with van der Waals surface area (Å²) in [5.74, 6) is -3.58. The molecule has 0 radical (unpaired) electrons. The van der Waals surface area contributed by atoms with Crippen molar-refractivity contribution in [3.63, 3.8) is 0 Å². The molecule has 0 bridgehead atoms. The van der Waals surface area contributed by atoms with Gasteiger partial charge in [-0.2, -0.15) is 5.10 Å². The lowest BCUT2D eigenvalue weighted by Gasteiger charge is -2.38. The number of ether oxygens (including phenoxy) is 1. The first-order valence-electron chi connectivity index (χ1n) is 13.6. The van der Waals surface area contributed by atoms with Gasteiger partial charge in [0.15, 0.2) is 23.0 Å². The third-order valence-corrected chi connectivity index (χ3v) is 7.22. The van der Waals surface area contributed by atoms with Gasteiger partial charge in [-0.25, -0.2) is 23.5 Å². The number of halogens is 2. The van der Waals surface area contributed by atoms with Gasteiger partial charge in [-0.1, -0.05) is 0 Å². The summed E-state index contributed by atoms with van der Waals surface area (Å²) in [6, 6.07) is 9.24. The van der Waals surface area contributed by atoms with Crippen LogP contribution in [0.3, 0.4) is 0 Å². The smallest absolute Gasteiger partial charge is 0.331 e. The van der Waals surface area contributed by atoms with E-state index in [0.717, 1.165) is 35.9 Å². The Labute approximate surface area is 243 Å². The molecule has 2 atom stereocenters. The van der Waals surface area contributed by atoms with Crippen molar-refractivity contribution in [2.24, 2.45) is 5.92 Å². The summed E-state index contributed by atoms with van der Waals surface area (Å²) in [5.41, 5.74) is 0.618. The molecule has 2 fully saturated rings. The Kier molecular flexibility index (Phi) is 7.36. The lowest BCUT2D eigenvalue weighted by Crippen LogP contribution is -2.60. The summed E-state index contributed by atoms with van der Waals surface area (Å²) in [4.78, 5) is 46.4. The number of imide groups is 1. The molecule has 4 amide bonds. The minimum atomic E-state index is -1.26. The van der Waals surface area contributed by atoms with E-state index >= 15 is 4.39 Å². The number of hydrogen-bond acceptors (Lipinski definition) is 8. The molecule has 1 saturated heterocycles. The predicted molar refractivity (Wildman–Crippen MR) is 152 cm³/mol. The second-order valence-corrected chi connectivity index (χ2v) is 10.4. The average Bonchev–Trinajstić information content (AvgIpc) is 3.75. The summed E-state index contributed by atoms with van der Waals surface area (Å²) in [6.07, 6.45) is 2.96. The molecule has 0 spiro atoms. The maximum absolute atomic E-state index is 15.2. The summed E-state index contributed by atoms with van der Waals surface area (Å²) in [6.45, 7) is 1.49. The maximum Gasteiger partial charge on any atom is 0.331 e.